The fourth-order valence-corrected chi connectivity index (χ4v) is 13.3. The van der Waals surface area contributed by atoms with E-state index in [9.17, 15) is 0 Å². The van der Waals surface area contributed by atoms with Crippen LogP contribution in [0.25, 0.3) is 106 Å². The summed E-state index contributed by atoms with van der Waals surface area (Å²) in [5.41, 5.74) is 12.1. The normalized spacial score (nSPS) is 12.0. The molecule has 15 aromatic rings. The van der Waals surface area contributed by atoms with Crippen molar-refractivity contribution in [1.29, 1.82) is 0 Å². The molecule has 0 saturated heterocycles. The summed E-state index contributed by atoms with van der Waals surface area (Å²) in [6.07, 6.45) is 0. The Hall–Kier alpha value is -8.68. The number of para-hydroxylation sites is 2. The zero-order chi connectivity index (χ0) is 45.9. The summed E-state index contributed by atoms with van der Waals surface area (Å²) in [5.74, 6) is 0. The standard InChI is InChI=1S/C64H38N2O2S2/c1-2-18-45-39(14-1)30-33-51-48-35-31-42(37-59(48)68-62(45)51)65(55-25-12-22-52-49-20-5-9-28-60(49)69-63(52)55)41-16-11-15-40(36-41)44-17-3-7-24-54(44)66(43-32-34-47-46-19-4-8-27-57(46)67-58(47)38-43)56-26-13-23-53-50-21-6-10-29-61(50)70-64(53)56/h1-38H. The number of furan rings is 2. The summed E-state index contributed by atoms with van der Waals surface area (Å²) in [6, 6.07) is 83.3. The van der Waals surface area contributed by atoms with Crippen LogP contribution in [0.3, 0.4) is 0 Å². The molecule has 0 aliphatic heterocycles. The number of nitrogens with zero attached hydrogens (tertiary/aromatic N) is 2. The molecule has 0 N–H and O–H groups in total. The first-order valence-electron chi connectivity index (χ1n) is 23.6. The van der Waals surface area contributed by atoms with Crippen LogP contribution in [0, 0.1) is 0 Å². The Morgan fingerprint density at radius 3 is 1.57 bits per heavy atom. The summed E-state index contributed by atoms with van der Waals surface area (Å²) in [7, 11) is 0. The molecule has 70 heavy (non-hydrogen) atoms. The molecule has 11 aromatic carbocycles. The molecule has 0 atom stereocenters. The summed E-state index contributed by atoms with van der Waals surface area (Å²) in [4.78, 5) is 4.85. The lowest BCUT2D eigenvalue weighted by Crippen LogP contribution is -2.12. The maximum atomic E-state index is 6.84. The second-order valence-electron chi connectivity index (χ2n) is 18.0. The van der Waals surface area contributed by atoms with Gasteiger partial charge in [-0.2, -0.15) is 0 Å². The Bertz CT molecular complexity index is 4590. The van der Waals surface area contributed by atoms with Gasteiger partial charge < -0.3 is 18.6 Å². The number of rotatable bonds is 7. The van der Waals surface area contributed by atoms with Crippen LogP contribution in [0.1, 0.15) is 0 Å². The van der Waals surface area contributed by atoms with Crippen molar-refractivity contribution in [2.45, 2.75) is 0 Å². The lowest BCUT2D eigenvalue weighted by molar-refractivity contribution is 0.669. The van der Waals surface area contributed by atoms with Crippen LogP contribution in [0.2, 0.25) is 0 Å². The van der Waals surface area contributed by atoms with Crippen molar-refractivity contribution in [1.82, 2.24) is 0 Å². The molecule has 15 rings (SSSR count). The second kappa shape index (κ2) is 15.4. The van der Waals surface area contributed by atoms with Crippen LogP contribution in [0.4, 0.5) is 34.1 Å². The molecule has 0 amide bonds. The van der Waals surface area contributed by atoms with Gasteiger partial charge in [0.2, 0.25) is 0 Å². The van der Waals surface area contributed by atoms with Crippen molar-refractivity contribution in [3.8, 4) is 11.1 Å². The van der Waals surface area contributed by atoms with Gasteiger partial charge in [-0.1, -0.05) is 140 Å². The quantitative estimate of drug-likeness (QED) is 0.159. The van der Waals surface area contributed by atoms with E-state index in [4.69, 9.17) is 8.83 Å². The minimum absolute atomic E-state index is 0.853. The molecule has 0 bridgehead atoms. The molecule has 4 nitrogen and oxygen atoms in total. The summed E-state index contributed by atoms with van der Waals surface area (Å²) >= 11 is 3.69. The van der Waals surface area contributed by atoms with E-state index < -0.39 is 0 Å². The first-order valence-corrected chi connectivity index (χ1v) is 25.2. The molecular formula is C64H38N2O2S2. The molecule has 0 aliphatic rings. The minimum atomic E-state index is 0.853. The Labute approximate surface area is 409 Å². The van der Waals surface area contributed by atoms with Gasteiger partial charge in [0.15, 0.2) is 0 Å². The molecule has 0 fully saturated rings. The number of hydrogen-bond donors (Lipinski definition) is 0. The molecule has 0 spiro atoms. The number of fused-ring (bicyclic) bond motifs is 14. The summed E-state index contributed by atoms with van der Waals surface area (Å²) in [5, 5.41) is 11.7. The highest BCUT2D eigenvalue weighted by molar-refractivity contribution is 7.26. The van der Waals surface area contributed by atoms with Crippen molar-refractivity contribution in [2.24, 2.45) is 0 Å². The average Bonchev–Trinajstić information content (AvgIpc) is 4.20. The van der Waals surface area contributed by atoms with Crippen LogP contribution in [-0.2, 0) is 0 Å². The molecule has 6 heteroatoms. The largest absolute Gasteiger partial charge is 0.456 e. The third-order valence-electron chi connectivity index (χ3n) is 14.0. The van der Waals surface area contributed by atoms with Crippen LogP contribution in [0.5, 0.6) is 0 Å². The van der Waals surface area contributed by atoms with Gasteiger partial charge >= 0.3 is 0 Å². The van der Waals surface area contributed by atoms with E-state index in [0.29, 0.717) is 0 Å². The van der Waals surface area contributed by atoms with E-state index in [0.717, 1.165) is 94.5 Å². The zero-order valence-corrected chi connectivity index (χ0v) is 39.1. The van der Waals surface area contributed by atoms with Gasteiger partial charge in [0.05, 0.1) is 26.5 Å². The molecule has 328 valence electrons. The van der Waals surface area contributed by atoms with Gasteiger partial charge in [0.25, 0.3) is 0 Å². The predicted octanol–water partition coefficient (Wildman–Crippen LogP) is 20.0. The summed E-state index contributed by atoms with van der Waals surface area (Å²) in [6.45, 7) is 0. The van der Waals surface area contributed by atoms with E-state index in [1.165, 1.54) is 45.7 Å². The monoisotopic (exact) mass is 930 g/mol. The van der Waals surface area contributed by atoms with Crippen molar-refractivity contribution in [2.75, 3.05) is 9.80 Å². The van der Waals surface area contributed by atoms with Crippen LogP contribution >= 0.6 is 22.7 Å². The Balaban J connectivity index is 0.946. The first kappa shape index (κ1) is 39.3. The van der Waals surface area contributed by atoms with Crippen LogP contribution in [0.15, 0.2) is 239 Å². The Morgan fingerprint density at radius 2 is 0.814 bits per heavy atom. The Kier molecular flexibility index (Phi) is 8.66. The molecule has 0 radical (unpaired) electrons. The van der Waals surface area contributed by atoms with Gasteiger partial charge in [0, 0.05) is 92.6 Å². The first-order chi connectivity index (χ1) is 34.7. The molecule has 4 heterocycles. The minimum Gasteiger partial charge on any atom is -0.456 e. The van der Waals surface area contributed by atoms with Gasteiger partial charge in [0.1, 0.15) is 22.3 Å². The fraction of sp³-hybridized carbons (Fsp3) is 0. The maximum Gasteiger partial charge on any atom is 0.143 e. The highest BCUT2D eigenvalue weighted by atomic mass is 32.1. The van der Waals surface area contributed by atoms with E-state index >= 15 is 0 Å². The highest BCUT2D eigenvalue weighted by Gasteiger charge is 2.25. The summed E-state index contributed by atoms with van der Waals surface area (Å²) < 4.78 is 18.4. The lowest BCUT2D eigenvalue weighted by atomic mass is 10.00. The predicted molar refractivity (Wildman–Crippen MR) is 299 cm³/mol. The van der Waals surface area contributed by atoms with Crippen molar-refractivity contribution >= 4 is 152 Å². The molecule has 0 saturated carbocycles. The zero-order valence-electron chi connectivity index (χ0n) is 37.5. The number of anilines is 6. The van der Waals surface area contributed by atoms with E-state index in [2.05, 4.69) is 228 Å². The van der Waals surface area contributed by atoms with E-state index in [1.54, 1.807) is 0 Å². The third kappa shape index (κ3) is 6.00. The number of hydrogen-bond acceptors (Lipinski definition) is 6. The van der Waals surface area contributed by atoms with Gasteiger partial charge in [-0.25, -0.2) is 0 Å². The average molecular weight is 931 g/mol. The van der Waals surface area contributed by atoms with Crippen LogP contribution < -0.4 is 9.80 Å². The number of thiophene rings is 2. The second-order valence-corrected chi connectivity index (χ2v) is 20.1. The van der Waals surface area contributed by atoms with Gasteiger partial charge in [-0.3, -0.25) is 0 Å². The van der Waals surface area contributed by atoms with Crippen molar-refractivity contribution in [3.63, 3.8) is 0 Å². The topological polar surface area (TPSA) is 32.8 Å². The molecular weight excluding hydrogens is 893 g/mol. The van der Waals surface area contributed by atoms with Gasteiger partial charge in [-0.05, 0) is 89.8 Å². The third-order valence-corrected chi connectivity index (χ3v) is 16.5. The molecule has 0 unspecified atom stereocenters. The molecule has 4 aromatic heterocycles. The Morgan fingerprint density at radius 1 is 0.300 bits per heavy atom. The van der Waals surface area contributed by atoms with Crippen molar-refractivity contribution < 1.29 is 8.83 Å². The lowest BCUT2D eigenvalue weighted by Gasteiger charge is -2.29. The van der Waals surface area contributed by atoms with Crippen LogP contribution in [-0.4, -0.2) is 0 Å². The fourth-order valence-electron chi connectivity index (χ4n) is 10.9. The molecule has 0 aliphatic carbocycles. The number of benzene rings is 11. The van der Waals surface area contributed by atoms with E-state index in [-0.39, 0.29) is 0 Å². The SMILES string of the molecule is c1cc(-c2ccccc2N(c2ccc3c(c2)oc2ccccc23)c2cccc3c2sc2ccccc23)cc(N(c2ccc3c(c2)oc2c4ccccc4ccc32)c2cccc3c2sc2ccccc23)c1. The maximum absolute atomic E-state index is 6.84. The highest BCUT2D eigenvalue weighted by Crippen LogP contribution is 2.50. The smallest absolute Gasteiger partial charge is 0.143 e. The van der Waals surface area contributed by atoms with Gasteiger partial charge in [-0.15, -0.1) is 22.7 Å². The van der Waals surface area contributed by atoms with Crippen molar-refractivity contribution in [3.05, 3.63) is 231 Å². The van der Waals surface area contributed by atoms with E-state index in [1.807, 2.05) is 34.8 Å².